The molecule has 0 aliphatic carbocycles. The lowest BCUT2D eigenvalue weighted by molar-refractivity contribution is -0.143. The fourth-order valence-electron chi connectivity index (χ4n) is 3.40. The lowest BCUT2D eigenvalue weighted by atomic mass is 10.0. The van der Waals surface area contributed by atoms with Crippen molar-refractivity contribution in [2.24, 2.45) is 0 Å². The topological polar surface area (TPSA) is 49.4 Å². The second kappa shape index (κ2) is 8.24. The van der Waals surface area contributed by atoms with Crippen molar-refractivity contribution >= 4 is 17.5 Å². The predicted octanol–water partition coefficient (Wildman–Crippen LogP) is 4.74. The zero-order valence-corrected chi connectivity index (χ0v) is 16.3. The molecule has 10 heteroatoms. The van der Waals surface area contributed by atoms with Crippen LogP contribution < -0.4 is 10.2 Å². The number of alkyl halides is 6. The maximum Gasteiger partial charge on any atom is 0.416 e. The second-order valence-corrected chi connectivity index (χ2v) is 7.23. The number of hydrogen-bond donors (Lipinski definition) is 1. The largest absolute Gasteiger partial charge is 0.416 e. The molecule has 0 bridgehead atoms. The molecule has 2 aromatic rings. The van der Waals surface area contributed by atoms with E-state index in [0.717, 1.165) is 16.8 Å². The van der Waals surface area contributed by atoms with Gasteiger partial charge in [-0.2, -0.15) is 26.3 Å². The molecule has 0 radical (unpaired) electrons. The Morgan fingerprint density at radius 1 is 0.968 bits per heavy atom. The SMILES string of the molecule is Cc1ccc2c(c1)CCN2C(=O)CCNC(=O)c1cc(C(F)(F)F)cc(C(F)(F)F)c1. The molecule has 1 aliphatic rings. The van der Waals surface area contributed by atoms with E-state index in [0.29, 0.717) is 25.1 Å². The number of fused-ring (bicyclic) bond motifs is 1. The maximum atomic E-state index is 12.9. The first kappa shape index (κ1) is 22.6. The van der Waals surface area contributed by atoms with Crippen molar-refractivity contribution in [3.05, 3.63) is 64.2 Å². The molecular formula is C21H18F6N2O2. The highest BCUT2D eigenvalue weighted by atomic mass is 19.4. The normalized spacial score (nSPS) is 13.8. The van der Waals surface area contributed by atoms with Gasteiger partial charge in [0.05, 0.1) is 11.1 Å². The van der Waals surface area contributed by atoms with E-state index in [1.807, 2.05) is 25.1 Å². The molecule has 4 nitrogen and oxygen atoms in total. The molecule has 0 spiro atoms. The average Bonchev–Trinajstić information content (AvgIpc) is 3.09. The third-order valence-electron chi connectivity index (χ3n) is 4.91. The van der Waals surface area contributed by atoms with Gasteiger partial charge < -0.3 is 10.2 Å². The van der Waals surface area contributed by atoms with Crippen molar-refractivity contribution in [3.63, 3.8) is 0 Å². The van der Waals surface area contributed by atoms with Gasteiger partial charge in [0.2, 0.25) is 5.91 Å². The number of halogens is 6. The van der Waals surface area contributed by atoms with Gasteiger partial charge in [-0.15, -0.1) is 0 Å². The molecule has 2 aromatic carbocycles. The van der Waals surface area contributed by atoms with Crippen molar-refractivity contribution in [2.45, 2.75) is 32.1 Å². The lowest BCUT2D eigenvalue weighted by Gasteiger charge is -2.18. The molecule has 0 atom stereocenters. The number of benzene rings is 2. The van der Waals surface area contributed by atoms with Crippen LogP contribution in [0.2, 0.25) is 0 Å². The first-order valence-electron chi connectivity index (χ1n) is 9.34. The van der Waals surface area contributed by atoms with Gasteiger partial charge in [-0.25, -0.2) is 0 Å². The first-order chi connectivity index (χ1) is 14.4. The van der Waals surface area contributed by atoms with Crippen molar-refractivity contribution in [2.75, 3.05) is 18.0 Å². The van der Waals surface area contributed by atoms with Crippen LogP contribution in [-0.4, -0.2) is 24.9 Å². The van der Waals surface area contributed by atoms with Crippen LogP contribution >= 0.6 is 0 Å². The quantitative estimate of drug-likeness (QED) is 0.693. The van der Waals surface area contributed by atoms with Crippen LogP contribution in [0.25, 0.3) is 0 Å². The first-order valence-corrected chi connectivity index (χ1v) is 9.34. The number of hydrogen-bond acceptors (Lipinski definition) is 2. The van der Waals surface area contributed by atoms with E-state index in [1.54, 1.807) is 4.90 Å². The lowest BCUT2D eigenvalue weighted by Crippen LogP contribution is -2.33. The molecule has 1 heterocycles. The molecule has 1 N–H and O–H groups in total. The van der Waals surface area contributed by atoms with Gasteiger partial charge in [0.25, 0.3) is 5.91 Å². The van der Waals surface area contributed by atoms with E-state index in [-0.39, 0.29) is 24.9 Å². The van der Waals surface area contributed by atoms with Gasteiger partial charge in [0, 0.05) is 30.8 Å². The van der Waals surface area contributed by atoms with E-state index in [2.05, 4.69) is 5.32 Å². The Hall–Kier alpha value is -3.04. The van der Waals surface area contributed by atoms with Gasteiger partial charge in [0.1, 0.15) is 0 Å². The highest BCUT2D eigenvalue weighted by molar-refractivity contribution is 5.97. The summed E-state index contributed by atoms with van der Waals surface area (Å²) in [7, 11) is 0. The Morgan fingerprint density at radius 2 is 1.58 bits per heavy atom. The Bertz CT molecular complexity index is 982. The van der Waals surface area contributed by atoms with Gasteiger partial charge in [0.15, 0.2) is 0 Å². The van der Waals surface area contributed by atoms with Crippen molar-refractivity contribution in [1.82, 2.24) is 5.32 Å². The predicted molar refractivity (Wildman–Crippen MR) is 101 cm³/mol. The summed E-state index contributed by atoms with van der Waals surface area (Å²) < 4.78 is 77.6. The highest BCUT2D eigenvalue weighted by Crippen LogP contribution is 2.36. The molecule has 31 heavy (non-hydrogen) atoms. The van der Waals surface area contributed by atoms with Crippen LogP contribution in [-0.2, 0) is 23.6 Å². The van der Waals surface area contributed by atoms with Crippen molar-refractivity contribution in [3.8, 4) is 0 Å². The number of rotatable bonds is 4. The summed E-state index contributed by atoms with van der Waals surface area (Å²) in [5.41, 5.74) is -1.10. The molecular weight excluding hydrogens is 426 g/mol. The molecule has 166 valence electrons. The van der Waals surface area contributed by atoms with E-state index in [9.17, 15) is 35.9 Å². The summed E-state index contributed by atoms with van der Waals surface area (Å²) in [6.45, 7) is 2.17. The van der Waals surface area contributed by atoms with Gasteiger partial charge in [-0.05, 0) is 43.2 Å². The number of aryl methyl sites for hydroxylation is 1. The molecule has 2 amide bonds. The summed E-state index contributed by atoms with van der Waals surface area (Å²) in [5.74, 6) is -1.43. The van der Waals surface area contributed by atoms with Crippen LogP contribution in [0.5, 0.6) is 0 Å². The summed E-state index contributed by atoms with van der Waals surface area (Å²) in [4.78, 5) is 26.2. The summed E-state index contributed by atoms with van der Waals surface area (Å²) in [5, 5.41) is 2.22. The zero-order valence-electron chi connectivity index (χ0n) is 16.3. The van der Waals surface area contributed by atoms with Crippen LogP contribution in [0.15, 0.2) is 36.4 Å². The third kappa shape index (κ3) is 5.18. The van der Waals surface area contributed by atoms with Gasteiger partial charge in [-0.3, -0.25) is 9.59 Å². The number of carbonyl (C=O) groups excluding carboxylic acids is 2. The van der Waals surface area contributed by atoms with Crippen LogP contribution in [0, 0.1) is 6.92 Å². The Balaban J connectivity index is 1.67. The maximum absolute atomic E-state index is 12.9. The van der Waals surface area contributed by atoms with E-state index in [1.165, 1.54) is 0 Å². The van der Waals surface area contributed by atoms with E-state index >= 15 is 0 Å². The number of carbonyl (C=O) groups is 2. The van der Waals surface area contributed by atoms with Gasteiger partial charge in [-0.1, -0.05) is 17.7 Å². The summed E-state index contributed by atoms with van der Waals surface area (Å²) in [6, 6.07) is 6.30. The molecule has 3 rings (SSSR count). The number of anilines is 1. The Kier molecular flexibility index (Phi) is 6.02. The molecule has 0 aromatic heterocycles. The van der Waals surface area contributed by atoms with Crippen LogP contribution in [0.4, 0.5) is 32.0 Å². The minimum absolute atomic E-state index is 0.0488. The number of nitrogens with zero attached hydrogens (tertiary/aromatic N) is 1. The Morgan fingerprint density at radius 3 is 2.16 bits per heavy atom. The average molecular weight is 444 g/mol. The molecule has 0 saturated carbocycles. The third-order valence-corrected chi connectivity index (χ3v) is 4.91. The summed E-state index contributed by atoms with van der Waals surface area (Å²) >= 11 is 0. The van der Waals surface area contributed by atoms with E-state index in [4.69, 9.17) is 0 Å². The van der Waals surface area contributed by atoms with Crippen LogP contribution in [0.3, 0.4) is 0 Å². The monoisotopic (exact) mass is 444 g/mol. The number of nitrogens with one attached hydrogen (secondary N) is 1. The van der Waals surface area contributed by atoms with Gasteiger partial charge >= 0.3 is 12.4 Å². The second-order valence-electron chi connectivity index (χ2n) is 7.23. The van der Waals surface area contributed by atoms with Crippen LogP contribution in [0.1, 0.15) is 39.0 Å². The Labute approximate surface area is 173 Å². The molecule has 0 unspecified atom stereocenters. The van der Waals surface area contributed by atoms with E-state index < -0.39 is 35.0 Å². The minimum atomic E-state index is -5.05. The standard InChI is InChI=1S/C21H18F6N2O2/c1-12-2-3-17-13(8-12)5-7-29(17)18(30)4-6-28-19(31)14-9-15(20(22,23)24)11-16(10-14)21(25,26)27/h2-3,8-11H,4-7H2,1H3,(H,28,31). The fourth-order valence-corrected chi connectivity index (χ4v) is 3.40. The molecule has 1 aliphatic heterocycles. The number of amides is 2. The van der Waals surface area contributed by atoms with Crippen molar-refractivity contribution in [1.29, 1.82) is 0 Å². The fraction of sp³-hybridized carbons (Fsp3) is 0.333. The zero-order chi connectivity index (χ0) is 23.0. The summed E-state index contributed by atoms with van der Waals surface area (Å²) in [6.07, 6.45) is -9.56. The minimum Gasteiger partial charge on any atom is -0.352 e. The molecule has 0 saturated heterocycles. The van der Waals surface area contributed by atoms with Crippen molar-refractivity contribution < 1.29 is 35.9 Å². The highest BCUT2D eigenvalue weighted by Gasteiger charge is 2.37. The molecule has 0 fully saturated rings. The smallest absolute Gasteiger partial charge is 0.352 e.